The van der Waals surface area contributed by atoms with Crippen LogP contribution in [0.5, 0.6) is 0 Å². The molecule has 0 spiro atoms. The van der Waals surface area contributed by atoms with Crippen LogP contribution in [0.25, 0.3) is 0 Å². The van der Waals surface area contributed by atoms with Crippen molar-refractivity contribution in [2.45, 2.75) is 77.2 Å². The molecule has 0 bridgehead atoms. The molecule has 1 fully saturated rings. The van der Waals surface area contributed by atoms with Crippen LogP contribution in [0.1, 0.15) is 71.1 Å². The van der Waals surface area contributed by atoms with E-state index in [-0.39, 0.29) is 12.1 Å². The van der Waals surface area contributed by atoms with E-state index in [1.807, 2.05) is 0 Å². The Bertz CT molecular complexity index is 456. The minimum atomic E-state index is -0.114. The summed E-state index contributed by atoms with van der Waals surface area (Å²) in [5.41, 5.74) is 0. The Morgan fingerprint density at radius 2 is 1.42 bits per heavy atom. The normalized spacial score (nSPS) is 17.2. The Hall–Kier alpha value is -1.61. The fraction of sp³-hybridized carbons (Fsp3) is 0.609. The van der Waals surface area contributed by atoms with Crippen LogP contribution >= 0.6 is 0 Å². The van der Waals surface area contributed by atoms with E-state index in [2.05, 4.69) is 55.5 Å². The van der Waals surface area contributed by atoms with Gasteiger partial charge in [-0.2, -0.15) is 0 Å². The maximum Gasteiger partial charge on any atom is 0.305 e. The number of rotatable bonds is 16. The average Bonchev–Trinajstić information content (AvgIpc) is 3.47. The lowest BCUT2D eigenvalue weighted by atomic mass is 10.2. The van der Waals surface area contributed by atoms with Crippen molar-refractivity contribution in [3.8, 4) is 0 Å². The molecule has 0 N–H and O–H groups in total. The largest absolute Gasteiger partial charge is 0.463 e. The molecule has 1 heterocycles. The molecule has 3 nitrogen and oxygen atoms in total. The number of unbranched alkanes of at least 4 members (excludes halogenated alkanes) is 4. The molecule has 0 saturated carbocycles. The van der Waals surface area contributed by atoms with Crippen LogP contribution < -0.4 is 0 Å². The summed E-state index contributed by atoms with van der Waals surface area (Å²) in [6.07, 6.45) is 28.2. The first-order valence-corrected chi connectivity index (χ1v) is 10.2. The third-order valence-electron chi connectivity index (χ3n) is 4.04. The smallest absolute Gasteiger partial charge is 0.305 e. The zero-order valence-corrected chi connectivity index (χ0v) is 16.4. The van der Waals surface area contributed by atoms with Crippen LogP contribution in [0.4, 0.5) is 0 Å². The van der Waals surface area contributed by atoms with Crippen LogP contribution in [-0.2, 0) is 14.3 Å². The third-order valence-corrected chi connectivity index (χ3v) is 4.04. The Kier molecular flexibility index (Phi) is 14.5. The van der Waals surface area contributed by atoms with Gasteiger partial charge in [-0.3, -0.25) is 4.79 Å². The van der Waals surface area contributed by atoms with Gasteiger partial charge < -0.3 is 9.47 Å². The second-order valence-corrected chi connectivity index (χ2v) is 6.62. The van der Waals surface area contributed by atoms with E-state index in [1.54, 1.807) is 0 Å². The lowest BCUT2D eigenvalue weighted by Gasteiger charge is -2.00. The Labute approximate surface area is 159 Å². The fourth-order valence-electron chi connectivity index (χ4n) is 2.35. The minimum absolute atomic E-state index is 0.114. The number of esters is 1. The van der Waals surface area contributed by atoms with E-state index in [0.29, 0.717) is 13.0 Å². The van der Waals surface area contributed by atoms with Gasteiger partial charge in [0.25, 0.3) is 0 Å². The van der Waals surface area contributed by atoms with Crippen molar-refractivity contribution in [2.24, 2.45) is 0 Å². The van der Waals surface area contributed by atoms with Gasteiger partial charge in [-0.15, -0.1) is 0 Å². The number of carbonyl (C=O) groups is 1. The minimum Gasteiger partial charge on any atom is -0.463 e. The van der Waals surface area contributed by atoms with Crippen molar-refractivity contribution >= 4 is 5.97 Å². The SMILES string of the molecule is CCCCC/C=C\C/C=C\C/C=C\C/C=C\CCCC(=O)OC[C@H]1CO1. The van der Waals surface area contributed by atoms with Gasteiger partial charge in [0.05, 0.1) is 6.61 Å². The lowest BCUT2D eigenvalue weighted by molar-refractivity contribution is -0.144. The first-order valence-electron chi connectivity index (χ1n) is 10.2. The van der Waals surface area contributed by atoms with Gasteiger partial charge in [-0.05, 0) is 44.9 Å². The maximum atomic E-state index is 11.4. The summed E-state index contributed by atoms with van der Waals surface area (Å²) in [6.45, 7) is 3.39. The van der Waals surface area contributed by atoms with E-state index in [0.717, 1.165) is 38.7 Å². The number of epoxide rings is 1. The predicted molar refractivity (Wildman–Crippen MR) is 109 cm³/mol. The van der Waals surface area contributed by atoms with Crippen molar-refractivity contribution in [3.05, 3.63) is 48.6 Å². The number of hydrogen-bond donors (Lipinski definition) is 0. The first kappa shape index (κ1) is 22.4. The molecule has 1 aliphatic rings. The second kappa shape index (κ2) is 16.8. The van der Waals surface area contributed by atoms with Crippen molar-refractivity contribution in [2.75, 3.05) is 13.2 Å². The van der Waals surface area contributed by atoms with E-state index in [9.17, 15) is 4.79 Å². The number of allylic oxidation sites excluding steroid dienone is 8. The van der Waals surface area contributed by atoms with Crippen LogP contribution in [0.2, 0.25) is 0 Å². The van der Waals surface area contributed by atoms with Crippen LogP contribution in [-0.4, -0.2) is 25.3 Å². The van der Waals surface area contributed by atoms with Crippen LogP contribution in [0.15, 0.2) is 48.6 Å². The Balaban J connectivity index is 1.86. The molecule has 26 heavy (non-hydrogen) atoms. The molecule has 0 aromatic rings. The van der Waals surface area contributed by atoms with E-state index in [4.69, 9.17) is 9.47 Å². The van der Waals surface area contributed by atoms with Crippen molar-refractivity contribution in [3.63, 3.8) is 0 Å². The highest BCUT2D eigenvalue weighted by Gasteiger charge is 2.23. The number of hydrogen-bond acceptors (Lipinski definition) is 3. The van der Waals surface area contributed by atoms with E-state index in [1.165, 1.54) is 25.7 Å². The maximum absolute atomic E-state index is 11.4. The van der Waals surface area contributed by atoms with Gasteiger partial charge in [-0.1, -0.05) is 68.4 Å². The molecule has 0 radical (unpaired) electrons. The zero-order valence-electron chi connectivity index (χ0n) is 16.4. The highest BCUT2D eigenvalue weighted by atomic mass is 16.6. The zero-order chi connectivity index (χ0) is 18.7. The van der Waals surface area contributed by atoms with Crippen molar-refractivity contribution in [1.29, 1.82) is 0 Å². The molecule has 0 aliphatic carbocycles. The van der Waals surface area contributed by atoms with Gasteiger partial charge in [-0.25, -0.2) is 0 Å². The van der Waals surface area contributed by atoms with Crippen LogP contribution in [0, 0.1) is 0 Å². The summed E-state index contributed by atoms with van der Waals surface area (Å²) >= 11 is 0. The predicted octanol–water partition coefficient (Wildman–Crippen LogP) is 6.07. The molecule has 1 saturated heterocycles. The monoisotopic (exact) mass is 360 g/mol. The first-order chi connectivity index (χ1) is 12.8. The lowest BCUT2D eigenvalue weighted by Crippen LogP contribution is -2.09. The molecule has 1 atom stereocenters. The fourth-order valence-corrected chi connectivity index (χ4v) is 2.35. The summed E-state index contributed by atoms with van der Waals surface area (Å²) in [5, 5.41) is 0. The molecule has 0 aromatic heterocycles. The number of carbonyl (C=O) groups excluding carboxylic acids is 1. The van der Waals surface area contributed by atoms with Crippen molar-refractivity contribution in [1.82, 2.24) is 0 Å². The summed E-state index contributed by atoms with van der Waals surface area (Å²) in [7, 11) is 0. The van der Waals surface area contributed by atoms with Crippen molar-refractivity contribution < 1.29 is 14.3 Å². The Morgan fingerprint density at radius 1 is 0.885 bits per heavy atom. The van der Waals surface area contributed by atoms with Gasteiger partial charge in [0.2, 0.25) is 0 Å². The molecule has 146 valence electrons. The number of ether oxygens (including phenoxy) is 2. The van der Waals surface area contributed by atoms with Gasteiger partial charge in [0.15, 0.2) is 0 Å². The van der Waals surface area contributed by atoms with Gasteiger partial charge in [0.1, 0.15) is 12.7 Å². The molecule has 0 amide bonds. The van der Waals surface area contributed by atoms with E-state index >= 15 is 0 Å². The third kappa shape index (κ3) is 15.9. The summed E-state index contributed by atoms with van der Waals surface area (Å²) in [5.74, 6) is -0.114. The summed E-state index contributed by atoms with van der Waals surface area (Å²) < 4.78 is 10.1. The standard InChI is InChI=1S/C23H36O3/c1-2-3-4-5-6-7-8-9-10-11-12-13-14-15-16-17-18-19-23(24)26-21-22-20-25-22/h6-7,9-10,12-13,15-16,22H,2-5,8,11,14,17-21H2,1H3/b7-6-,10-9-,13-12-,16-15-/t22-/m1/s1. The summed E-state index contributed by atoms with van der Waals surface area (Å²) in [4.78, 5) is 11.4. The highest BCUT2D eigenvalue weighted by molar-refractivity contribution is 5.69. The van der Waals surface area contributed by atoms with Crippen LogP contribution in [0.3, 0.4) is 0 Å². The average molecular weight is 361 g/mol. The summed E-state index contributed by atoms with van der Waals surface area (Å²) in [6, 6.07) is 0. The van der Waals surface area contributed by atoms with Gasteiger partial charge >= 0.3 is 5.97 Å². The quantitative estimate of drug-likeness (QED) is 0.145. The van der Waals surface area contributed by atoms with E-state index < -0.39 is 0 Å². The molecule has 1 rings (SSSR count). The molecular formula is C23H36O3. The van der Waals surface area contributed by atoms with Gasteiger partial charge in [0, 0.05) is 6.42 Å². The molecule has 0 unspecified atom stereocenters. The second-order valence-electron chi connectivity index (χ2n) is 6.62. The molecule has 3 heteroatoms. The topological polar surface area (TPSA) is 38.8 Å². The Morgan fingerprint density at radius 3 is 1.96 bits per heavy atom. The molecule has 0 aromatic carbocycles. The highest BCUT2D eigenvalue weighted by Crippen LogP contribution is 2.09. The molecule has 1 aliphatic heterocycles. The molecular weight excluding hydrogens is 324 g/mol.